The molecule has 21 heavy (non-hydrogen) atoms. The fourth-order valence-corrected chi connectivity index (χ4v) is 3.65. The first-order valence-corrected chi connectivity index (χ1v) is 7.59. The topological polar surface area (TPSA) is 61.8 Å². The summed E-state index contributed by atoms with van der Waals surface area (Å²) in [5.74, 6) is -0.161. The smallest absolute Gasteiger partial charge is 0.329 e. The molecule has 3 rings (SSSR count). The van der Waals surface area contributed by atoms with Crippen LogP contribution in [0, 0.1) is 5.92 Å². The molecule has 0 spiro atoms. The van der Waals surface area contributed by atoms with E-state index < -0.39 is 11.5 Å². The van der Waals surface area contributed by atoms with Crippen molar-refractivity contribution < 1.29 is 14.6 Å². The molecule has 2 atom stereocenters. The van der Waals surface area contributed by atoms with Crippen LogP contribution in [0.15, 0.2) is 24.3 Å². The largest absolute Gasteiger partial charge is 0.493 e. The Morgan fingerprint density at radius 3 is 3.00 bits per heavy atom. The summed E-state index contributed by atoms with van der Waals surface area (Å²) in [7, 11) is 0. The number of hydrogen-bond donors (Lipinski definition) is 2. The fourth-order valence-electron chi connectivity index (χ4n) is 3.65. The third-order valence-corrected chi connectivity index (χ3v) is 4.66. The summed E-state index contributed by atoms with van der Waals surface area (Å²) in [5, 5.41) is 13.5. The van der Waals surface area contributed by atoms with E-state index in [1.807, 2.05) is 31.2 Å². The zero-order valence-electron chi connectivity index (χ0n) is 12.3. The molecule has 0 bridgehead atoms. The van der Waals surface area contributed by atoms with Crippen LogP contribution in [0.2, 0.25) is 0 Å². The lowest BCUT2D eigenvalue weighted by Gasteiger charge is -2.47. The second kappa shape index (κ2) is 5.66. The predicted molar refractivity (Wildman–Crippen MR) is 79.5 cm³/mol. The van der Waals surface area contributed by atoms with Crippen LogP contribution in [0.1, 0.15) is 18.9 Å². The molecule has 1 fully saturated rings. The molecule has 0 aliphatic carbocycles. The molecule has 5 nitrogen and oxygen atoms in total. The SMILES string of the molecule is CC1COc2ccccc2C1(C(=O)O)N1CCCNCC1. The van der Waals surface area contributed by atoms with E-state index in [-0.39, 0.29) is 5.92 Å². The van der Waals surface area contributed by atoms with Crippen LogP contribution in [-0.4, -0.2) is 48.8 Å². The fraction of sp³-hybridized carbons (Fsp3) is 0.562. The van der Waals surface area contributed by atoms with Gasteiger partial charge in [0.1, 0.15) is 5.75 Å². The molecule has 0 amide bonds. The Balaban J connectivity index is 2.13. The Hall–Kier alpha value is -1.59. The molecule has 2 aliphatic heterocycles. The summed E-state index contributed by atoms with van der Waals surface area (Å²) in [4.78, 5) is 14.5. The highest BCUT2D eigenvalue weighted by molar-refractivity contribution is 5.83. The Kier molecular flexibility index (Phi) is 3.87. The lowest BCUT2D eigenvalue weighted by atomic mass is 9.75. The van der Waals surface area contributed by atoms with E-state index in [1.54, 1.807) is 0 Å². The minimum absolute atomic E-state index is 0.0944. The monoisotopic (exact) mass is 290 g/mol. The van der Waals surface area contributed by atoms with Crippen LogP contribution in [0.3, 0.4) is 0 Å². The number of nitrogens with zero attached hydrogens (tertiary/aromatic N) is 1. The average molecular weight is 290 g/mol. The van der Waals surface area contributed by atoms with Gasteiger partial charge in [-0.05, 0) is 19.0 Å². The van der Waals surface area contributed by atoms with Crippen molar-refractivity contribution in [1.82, 2.24) is 10.2 Å². The third kappa shape index (κ3) is 2.21. The van der Waals surface area contributed by atoms with E-state index in [4.69, 9.17) is 4.74 Å². The van der Waals surface area contributed by atoms with Gasteiger partial charge >= 0.3 is 5.97 Å². The number of fused-ring (bicyclic) bond motifs is 1. The third-order valence-electron chi connectivity index (χ3n) is 4.66. The molecule has 0 radical (unpaired) electrons. The number of hydrogen-bond acceptors (Lipinski definition) is 4. The molecule has 2 N–H and O–H groups in total. The maximum absolute atomic E-state index is 12.3. The number of benzene rings is 1. The summed E-state index contributed by atoms with van der Waals surface area (Å²) in [6.45, 7) is 5.71. The number of carboxylic acids is 1. The van der Waals surface area contributed by atoms with Crippen LogP contribution in [0.25, 0.3) is 0 Å². The van der Waals surface area contributed by atoms with E-state index >= 15 is 0 Å². The van der Waals surface area contributed by atoms with Gasteiger partial charge in [0, 0.05) is 31.1 Å². The van der Waals surface area contributed by atoms with Crippen LogP contribution >= 0.6 is 0 Å². The van der Waals surface area contributed by atoms with Gasteiger partial charge in [-0.15, -0.1) is 0 Å². The van der Waals surface area contributed by atoms with Crippen molar-refractivity contribution >= 4 is 5.97 Å². The molecule has 0 aromatic heterocycles. The molecule has 5 heteroatoms. The number of ether oxygens (including phenoxy) is 1. The molecule has 2 heterocycles. The lowest BCUT2D eigenvalue weighted by molar-refractivity contribution is -0.159. The molecule has 1 aromatic rings. The standard InChI is InChI=1S/C16H22N2O3/c1-12-11-21-14-6-3-2-5-13(14)16(12,15(19)20)18-9-4-7-17-8-10-18/h2-3,5-6,12,17H,4,7-11H2,1H3,(H,19,20). The van der Waals surface area contributed by atoms with Gasteiger partial charge in [0.05, 0.1) is 6.61 Å². The van der Waals surface area contributed by atoms with Gasteiger partial charge in [-0.2, -0.15) is 0 Å². The first kappa shape index (κ1) is 14.4. The van der Waals surface area contributed by atoms with Gasteiger partial charge < -0.3 is 15.2 Å². The van der Waals surface area contributed by atoms with Gasteiger partial charge in [0.2, 0.25) is 0 Å². The van der Waals surface area contributed by atoms with Gasteiger partial charge in [0.25, 0.3) is 0 Å². The first-order chi connectivity index (χ1) is 10.2. The molecule has 1 saturated heterocycles. The molecule has 1 aromatic carbocycles. The Morgan fingerprint density at radius 1 is 1.38 bits per heavy atom. The van der Waals surface area contributed by atoms with E-state index in [2.05, 4.69) is 10.2 Å². The Morgan fingerprint density at radius 2 is 2.19 bits per heavy atom. The minimum atomic E-state index is -0.985. The zero-order chi connectivity index (χ0) is 14.9. The number of aliphatic carboxylic acids is 1. The first-order valence-electron chi connectivity index (χ1n) is 7.59. The summed E-state index contributed by atoms with van der Waals surface area (Å²) in [6.07, 6.45) is 0.963. The van der Waals surface area contributed by atoms with Crippen LogP contribution < -0.4 is 10.1 Å². The maximum Gasteiger partial charge on any atom is 0.329 e. The summed E-state index contributed by atoms with van der Waals surface area (Å²) < 4.78 is 5.76. The number of rotatable bonds is 2. The quantitative estimate of drug-likeness (QED) is 0.859. The second-order valence-electron chi connectivity index (χ2n) is 5.87. The van der Waals surface area contributed by atoms with Crippen LogP contribution in [-0.2, 0) is 10.3 Å². The second-order valence-corrected chi connectivity index (χ2v) is 5.87. The number of carboxylic acid groups (broad SMARTS) is 1. The minimum Gasteiger partial charge on any atom is -0.493 e. The molecular formula is C16H22N2O3. The van der Waals surface area contributed by atoms with Crippen molar-refractivity contribution in [2.75, 3.05) is 32.8 Å². The molecule has 2 unspecified atom stereocenters. The van der Waals surface area contributed by atoms with Gasteiger partial charge in [0.15, 0.2) is 5.54 Å². The predicted octanol–water partition coefficient (Wildman–Crippen LogP) is 1.29. The molecule has 2 aliphatic rings. The van der Waals surface area contributed by atoms with E-state index in [0.29, 0.717) is 12.4 Å². The van der Waals surface area contributed by atoms with Crippen molar-refractivity contribution in [2.45, 2.75) is 18.9 Å². The Bertz CT molecular complexity index is 526. The Labute approximate surface area is 124 Å². The average Bonchev–Trinajstić information content (AvgIpc) is 2.76. The van der Waals surface area contributed by atoms with Gasteiger partial charge in [-0.25, -0.2) is 4.79 Å². The normalized spacial score (nSPS) is 30.0. The lowest BCUT2D eigenvalue weighted by Crippen LogP contribution is -2.59. The van der Waals surface area contributed by atoms with Crippen molar-refractivity contribution in [2.24, 2.45) is 5.92 Å². The van der Waals surface area contributed by atoms with E-state index in [0.717, 1.165) is 38.2 Å². The maximum atomic E-state index is 12.3. The van der Waals surface area contributed by atoms with Crippen molar-refractivity contribution in [3.63, 3.8) is 0 Å². The van der Waals surface area contributed by atoms with Gasteiger partial charge in [-0.1, -0.05) is 25.1 Å². The molecule has 0 saturated carbocycles. The number of para-hydroxylation sites is 1. The molecule has 114 valence electrons. The highest BCUT2D eigenvalue weighted by Gasteiger charge is 2.53. The summed E-state index contributed by atoms with van der Waals surface area (Å²) in [6, 6.07) is 7.56. The highest BCUT2D eigenvalue weighted by Crippen LogP contribution is 2.45. The van der Waals surface area contributed by atoms with E-state index in [1.165, 1.54) is 0 Å². The zero-order valence-corrected chi connectivity index (χ0v) is 12.3. The number of carbonyl (C=O) groups is 1. The number of nitrogens with one attached hydrogen (secondary N) is 1. The van der Waals surface area contributed by atoms with E-state index in [9.17, 15) is 9.90 Å². The van der Waals surface area contributed by atoms with Crippen LogP contribution in [0.5, 0.6) is 5.75 Å². The summed E-state index contributed by atoms with van der Waals surface area (Å²) >= 11 is 0. The van der Waals surface area contributed by atoms with Crippen molar-refractivity contribution in [3.8, 4) is 5.75 Å². The molecular weight excluding hydrogens is 268 g/mol. The summed E-state index contributed by atoms with van der Waals surface area (Å²) in [5.41, 5.74) is -0.195. The van der Waals surface area contributed by atoms with Crippen molar-refractivity contribution in [1.29, 1.82) is 0 Å². The highest BCUT2D eigenvalue weighted by atomic mass is 16.5. The van der Waals surface area contributed by atoms with Crippen LogP contribution in [0.4, 0.5) is 0 Å². The van der Waals surface area contributed by atoms with Gasteiger partial charge in [-0.3, -0.25) is 4.90 Å². The van der Waals surface area contributed by atoms with Crippen molar-refractivity contribution in [3.05, 3.63) is 29.8 Å².